The van der Waals surface area contributed by atoms with E-state index >= 15 is 0 Å². The van der Waals surface area contributed by atoms with Crippen molar-refractivity contribution in [1.82, 2.24) is 15.1 Å². The summed E-state index contributed by atoms with van der Waals surface area (Å²) < 4.78 is 0. The first-order chi connectivity index (χ1) is 12.7. The van der Waals surface area contributed by atoms with Crippen molar-refractivity contribution in [3.63, 3.8) is 0 Å². The molecule has 27 heavy (non-hydrogen) atoms. The molecule has 0 aliphatic carbocycles. The van der Waals surface area contributed by atoms with Gasteiger partial charge in [0.15, 0.2) is 0 Å². The van der Waals surface area contributed by atoms with E-state index in [1.807, 2.05) is 40.1 Å². The second-order valence-corrected chi connectivity index (χ2v) is 7.94. The van der Waals surface area contributed by atoms with Crippen molar-refractivity contribution in [3.8, 4) is 0 Å². The van der Waals surface area contributed by atoms with E-state index in [0.717, 1.165) is 57.4 Å². The van der Waals surface area contributed by atoms with Crippen molar-refractivity contribution < 1.29 is 9.59 Å². The van der Waals surface area contributed by atoms with Crippen LogP contribution in [-0.2, 0) is 9.59 Å². The number of carbonyl (C=O) groups excluding carboxylic acids is 2. The van der Waals surface area contributed by atoms with Gasteiger partial charge in [-0.15, -0.1) is 12.4 Å². The summed E-state index contributed by atoms with van der Waals surface area (Å²) in [5, 5.41) is 3.49. The van der Waals surface area contributed by atoms with Crippen LogP contribution in [0.25, 0.3) is 0 Å². The molecule has 0 bridgehead atoms. The van der Waals surface area contributed by atoms with Crippen molar-refractivity contribution in [2.45, 2.75) is 38.1 Å². The molecular formula is C21H30ClN3O2. The van der Waals surface area contributed by atoms with Gasteiger partial charge in [0.2, 0.25) is 11.8 Å². The third kappa shape index (κ3) is 4.30. The topological polar surface area (TPSA) is 52.7 Å². The van der Waals surface area contributed by atoms with Crippen LogP contribution in [0.3, 0.4) is 0 Å². The van der Waals surface area contributed by atoms with E-state index in [4.69, 9.17) is 0 Å². The average molecular weight is 392 g/mol. The molecule has 4 rings (SSSR count). The SMILES string of the molecule is Cl.O=C(C(c1ccccc1)N1CCCCC1=O)N1CC[C@@H]2CNC[C@@H]2CC1. The predicted octanol–water partition coefficient (Wildman–Crippen LogP) is 2.62. The number of fused-ring (bicyclic) bond motifs is 1. The molecule has 0 aromatic heterocycles. The van der Waals surface area contributed by atoms with Crippen LogP contribution in [0.1, 0.15) is 43.7 Å². The summed E-state index contributed by atoms with van der Waals surface area (Å²) in [5.41, 5.74) is 0.943. The molecule has 5 nitrogen and oxygen atoms in total. The van der Waals surface area contributed by atoms with Crippen LogP contribution in [0.15, 0.2) is 30.3 Å². The van der Waals surface area contributed by atoms with E-state index in [-0.39, 0.29) is 24.2 Å². The van der Waals surface area contributed by atoms with E-state index < -0.39 is 6.04 Å². The van der Waals surface area contributed by atoms with Gasteiger partial charge in [-0.1, -0.05) is 30.3 Å². The molecule has 0 saturated carbocycles. The predicted molar refractivity (Wildman–Crippen MR) is 108 cm³/mol. The molecule has 1 aromatic carbocycles. The summed E-state index contributed by atoms with van der Waals surface area (Å²) in [5.74, 6) is 1.62. The lowest BCUT2D eigenvalue weighted by Gasteiger charge is -2.37. The number of likely N-dealkylation sites (tertiary alicyclic amines) is 2. The van der Waals surface area contributed by atoms with Gasteiger partial charge in [0, 0.05) is 26.1 Å². The smallest absolute Gasteiger partial charge is 0.250 e. The zero-order valence-corrected chi connectivity index (χ0v) is 16.6. The first-order valence-electron chi connectivity index (χ1n) is 10.1. The Balaban J connectivity index is 0.00000210. The highest BCUT2D eigenvalue weighted by molar-refractivity contribution is 5.89. The highest BCUT2D eigenvalue weighted by Gasteiger charge is 2.37. The number of halogens is 1. The molecule has 3 heterocycles. The van der Waals surface area contributed by atoms with Gasteiger partial charge in [-0.3, -0.25) is 9.59 Å². The first kappa shape index (κ1) is 20.2. The van der Waals surface area contributed by atoms with Gasteiger partial charge < -0.3 is 15.1 Å². The van der Waals surface area contributed by atoms with E-state index in [1.165, 1.54) is 0 Å². The van der Waals surface area contributed by atoms with Crippen LogP contribution in [0, 0.1) is 11.8 Å². The fraction of sp³-hybridized carbons (Fsp3) is 0.619. The van der Waals surface area contributed by atoms with Crippen molar-refractivity contribution >= 4 is 24.2 Å². The number of amides is 2. The van der Waals surface area contributed by atoms with Gasteiger partial charge in [0.25, 0.3) is 0 Å². The maximum atomic E-state index is 13.5. The molecule has 3 fully saturated rings. The van der Waals surface area contributed by atoms with Gasteiger partial charge in [-0.2, -0.15) is 0 Å². The van der Waals surface area contributed by atoms with Crippen LogP contribution in [-0.4, -0.2) is 54.3 Å². The highest BCUT2D eigenvalue weighted by atomic mass is 35.5. The normalized spacial score (nSPS) is 26.7. The summed E-state index contributed by atoms with van der Waals surface area (Å²) in [6.07, 6.45) is 4.62. The molecule has 1 aromatic rings. The van der Waals surface area contributed by atoms with Crippen molar-refractivity contribution in [1.29, 1.82) is 0 Å². The fourth-order valence-electron chi connectivity index (χ4n) is 4.80. The maximum Gasteiger partial charge on any atom is 0.250 e. The fourth-order valence-corrected chi connectivity index (χ4v) is 4.80. The van der Waals surface area contributed by atoms with Crippen LogP contribution in [0.5, 0.6) is 0 Å². The number of hydrogen-bond donors (Lipinski definition) is 1. The summed E-state index contributed by atoms with van der Waals surface area (Å²) >= 11 is 0. The third-order valence-electron chi connectivity index (χ3n) is 6.35. The van der Waals surface area contributed by atoms with Gasteiger partial charge >= 0.3 is 0 Å². The molecule has 3 saturated heterocycles. The van der Waals surface area contributed by atoms with Gasteiger partial charge in [-0.05, 0) is 56.2 Å². The van der Waals surface area contributed by atoms with Crippen LogP contribution in [0.2, 0.25) is 0 Å². The molecular weight excluding hydrogens is 362 g/mol. The Labute approximate surface area is 167 Å². The number of piperidine rings is 1. The zero-order valence-electron chi connectivity index (χ0n) is 15.8. The van der Waals surface area contributed by atoms with Crippen LogP contribution in [0.4, 0.5) is 0 Å². The Morgan fingerprint density at radius 3 is 2.30 bits per heavy atom. The Hall–Kier alpha value is -1.59. The van der Waals surface area contributed by atoms with Crippen molar-refractivity contribution in [2.24, 2.45) is 11.8 Å². The van der Waals surface area contributed by atoms with Gasteiger partial charge in [-0.25, -0.2) is 0 Å². The van der Waals surface area contributed by atoms with Crippen molar-refractivity contribution in [2.75, 3.05) is 32.7 Å². The van der Waals surface area contributed by atoms with E-state index in [0.29, 0.717) is 24.8 Å². The number of hydrogen-bond acceptors (Lipinski definition) is 3. The summed E-state index contributed by atoms with van der Waals surface area (Å²) in [4.78, 5) is 30.0. The van der Waals surface area contributed by atoms with Crippen molar-refractivity contribution in [3.05, 3.63) is 35.9 Å². The number of rotatable bonds is 3. The van der Waals surface area contributed by atoms with Crippen LogP contribution < -0.4 is 5.32 Å². The second kappa shape index (κ2) is 9.07. The Kier molecular flexibility index (Phi) is 6.77. The summed E-state index contributed by atoms with van der Waals surface area (Å²) in [7, 11) is 0. The molecule has 1 unspecified atom stereocenters. The molecule has 2 amide bonds. The Morgan fingerprint density at radius 1 is 1.00 bits per heavy atom. The lowest BCUT2D eigenvalue weighted by Crippen LogP contribution is -2.47. The Bertz CT molecular complexity index is 640. The maximum absolute atomic E-state index is 13.5. The summed E-state index contributed by atoms with van der Waals surface area (Å²) in [6.45, 7) is 4.48. The number of nitrogens with zero attached hydrogens (tertiary/aromatic N) is 2. The summed E-state index contributed by atoms with van der Waals surface area (Å²) in [6, 6.07) is 9.40. The number of benzene rings is 1. The minimum Gasteiger partial charge on any atom is -0.341 e. The van der Waals surface area contributed by atoms with E-state index in [2.05, 4.69) is 5.32 Å². The van der Waals surface area contributed by atoms with Crippen LogP contribution >= 0.6 is 12.4 Å². The minimum absolute atomic E-state index is 0. The highest BCUT2D eigenvalue weighted by Crippen LogP contribution is 2.31. The molecule has 148 valence electrons. The number of nitrogens with one attached hydrogen (secondary N) is 1. The minimum atomic E-state index is -0.458. The molecule has 0 radical (unpaired) electrons. The van der Waals surface area contributed by atoms with Gasteiger partial charge in [0.05, 0.1) is 0 Å². The largest absolute Gasteiger partial charge is 0.341 e. The molecule has 3 atom stereocenters. The van der Waals surface area contributed by atoms with Gasteiger partial charge in [0.1, 0.15) is 6.04 Å². The lowest BCUT2D eigenvalue weighted by molar-refractivity contribution is -0.147. The average Bonchev–Trinajstić information content (AvgIpc) is 3.02. The molecule has 3 aliphatic heterocycles. The quantitative estimate of drug-likeness (QED) is 0.861. The first-order valence-corrected chi connectivity index (χ1v) is 10.1. The standard InChI is InChI=1S/C21H29N3O2.ClH/c25-19-8-4-5-11-24(19)20(16-6-2-1-3-7-16)21(26)23-12-9-17-14-22-15-18(17)10-13-23;/h1-3,6-7,17-18,20,22H,4-5,8-15H2;1H/t17-,18+,20?;. The van der Waals surface area contributed by atoms with E-state index in [1.54, 1.807) is 0 Å². The monoisotopic (exact) mass is 391 g/mol. The Morgan fingerprint density at radius 2 is 1.67 bits per heavy atom. The third-order valence-corrected chi connectivity index (χ3v) is 6.35. The molecule has 1 N–H and O–H groups in total. The number of carbonyl (C=O) groups is 2. The molecule has 0 spiro atoms. The lowest BCUT2D eigenvalue weighted by atomic mass is 9.92. The molecule has 6 heteroatoms. The van der Waals surface area contributed by atoms with E-state index in [9.17, 15) is 9.59 Å². The zero-order chi connectivity index (χ0) is 17.9. The second-order valence-electron chi connectivity index (χ2n) is 7.94. The molecule has 3 aliphatic rings.